The Labute approximate surface area is 417 Å². The van der Waals surface area contributed by atoms with E-state index in [9.17, 15) is 0 Å². The molecule has 12 aromatic carbocycles. The summed E-state index contributed by atoms with van der Waals surface area (Å²) >= 11 is 1.88. The number of fused-ring (bicyclic) bond motifs is 9. The van der Waals surface area contributed by atoms with Crippen LogP contribution in [0, 0.1) is 0 Å². The van der Waals surface area contributed by atoms with Gasteiger partial charge in [-0.15, -0.1) is 11.3 Å². The van der Waals surface area contributed by atoms with E-state index in [0.717, 1.165) is 22.6 Å². The Morgan fingerprint density at radius 2 is 0.817 bits per heavy atom. The minimum Gasteiger partial charge on any atom is -0.309 e. The third-order valence-electron chi connectivity index (χ3n) is 14.9. The first kappa shape index (κ1) is 41.2. The highest BCUT2D eigenvalue weighted by Crippen LogP contribution is 2.58. The summed E-state index contributed by atoms with van der Waals surface area (Å²) in [7, 11) is 0. The van der Waals surface area contributed by atoms with Crippen molar-refractivity contribution in [3.05, 3.63) is 295 Å². The van der Waals surface area contributed by atoms with Crippen LogP contribution < -0.4 is 4.90 Å². The summed E-state index contributed by atoms with van der Waals surface area (Å²) in [5.74, 6) is 0. The molecule has 1 nitrogen and oxygen atoms in total. The molecule has 14 rings (SSSR count). The average molecular weight is 920 g/mol. The van der Waals surface area contributed by atoms with E-state index in [1.807, 2.05) is 11.3 Å². The molecule has 0 fully saturated rings. The lowest BCUT2D eigenvalue weighted by atomic mass is 9.67. The van der Waals surface area contributed by atoms with Gasteiger partial charge in [-0.05, 0) is 114 Å². The van der Waals surface area contributed by atoms with Crippen LogP contribution in [0.4, 0.5) is 17.1 Å². The fraction of sp³-hybridized carbons (Fsp3) is 0.0145. The lowest BCUT2D eigenvalue weighted by molar-refractivity contribution is 0.768. The van der Waals surface area contributed by atoms with E-state index in [-0.39, 0.29) is 0 Å². The van der Waals surface area contributed by atoms with Crippen LogP contribution in [0.15, 0.2) is 273 Å². The number of hydrogen-bond acceptors (Lipinski definition) is 2. The van der Waals surface area contributed by atoms with Crippen LogP contribution in [-0.4, -0.2) is 0 Å². The molecule has 1 heterocycles. The van der Waals surface area contributed by atoms with Crippen molar-refractivity contribution in [1.82, 2.24) is 0 Å². The number of hydrogen-bond donors (Lipinski definition) is 0. The second kappa shape index (κ2) is 16.7. The molecular formula is C69H45NS. The van der Waals surface area contributed by atoms with Gasteiger partial charge in [0, 0.05) is 42.5 Å². The lowest BCUT2D eigenvalue weighted by Gasteiger charge is -2.35. The van der Waals surface area contributed by atoms with E-state index >= 15 is 0 Å². The maximum atomic E-state index is 2.56. The molecule has 0 atom stereocenters. The van der Waals surface area contributed by atoms with E-state index in [1.165, 1.54) is 103 Å². The normalized spacial score (nSPS) is 12.6. The first-order valence-corrected chi connectivity index (χ1v) is 25.3. The molecule has 71 heavy (non-hydrogen) atoms. The Balaban J connectivity index is 1.07. The van der Waals surface area contributed by atoms with E-state index < -0.39 is 5.41 Å². The van der Waals surface area contributed by atoms with Crippen LogP contribution in [0.1, 0.15) is 22.3 Å². The quantitative estimate of drug-likeness (QED) is 0.137. The zero-order valence-corrected chi connectivity index (χ0v) is 39.7. The predicted molar refractivity (Wildman–Crippen MR) is 303 cm³/mol. The standard InChI is InChI=1S/C69H45NS/c1-4-20-46(21-5-1)48-22-18-23-49(44-48)66-60-32-12-10-28-55(60)56-29-11-13-33-61(56)67(66)70(52-40-38-47(39-41-52)54-34-19-35-62-59-31-15-17-37-65(59)71-68(54)62)53-42-43-58-57-30-14-16-36-63(57)69(64(58)45-53,50-24-6-2-7-25-50)51-26-8-3-9-27-51/h1-45H. The summed E-state index contributed by atoms with van der Waals surface area (Å²) in [6.07, 6.45) is 0. The Bertz CT molecular complexity index is 4110. The number of anilines is 3. The molecule has 0 bridgehead atoms. The highest BCUT2D eigenvalue weighted by molar-refractivity contribution is 7.26. The van der Waals surface area contributed by atoms with E-state index in [4.69, 9.17) is 0 Å². The lowest BCUT2D eigenvalue weighted by Crippen LogP contribution is -2.28. The number of benzene rings is 12. The van der Waals surface area contributed by atoms with Crippen molar-refractivity contribution in [3.63, 3.8) is 0 Å². The Hall–Kier alpha value is -8.82. The van der Waals surface area contributed by atoms with E-state index in [1.54, 1.807) is 0 Å². The minimum atomic E-state index is -0.568. The smallest absolute Gasteiger partial charge is 0.0714 e. The van der Waals surface area contributed by atoms with Crippen molar-refractivity contribution in [1.29, 1.82) is 0 Å². The average Bonchev–Trinajstić information content (AvgIpc) is 3.98. The van der Waals surface area contributed by atoms with Gasteiger partial charge in [0.25, 0.3) is 0 Å². The van der Waals surface area contributed by atoms with Crippen molar-refractivity contribution in [2.24, 2.45) is 0 Å². The second-order valence-corrected chi connectivity index (χ2v) is 19.7. The molecule has 0 N–H and O–H groups in total. The van der Waals surface area contributed by atoms with E-state index in [0.29, 0.717) is 0 Å². The molecule has 0 amide bonds. The summed E-state index contributed by atoms with van der Waals surface area (Å²) < 4.78 is 2.63. The molecular weight excluding hydrogens is 875 g/mol. The van der Waals surface area contributed by atoms with E-state index in [2.05, 4.69) is 278 Å². The van der Waals surface area contributed by atoms with Crippen LogP contribution >= 0.6 is 11.3 Å². The van der Waals surface area contributed by atoms with Crippen molar-refractivity contribution in [2.45, 2.75) is 5.41 Å². The Kier molecular flexibility index (Phi) is 9.69. The molecule has 0 spiro atoms. The molecule has 1 aliphatic carbocycles. The Morgan fingerprint density at radius 3 is 1.56 bits per heavy atom. The maximum Gasteiger partial charge on any atom is 0.0714 e. The van der Waals surface area contributed by atoms with Crippen molar-refractivity contribution < 1.29 is 0 Å². The summed E-state index contributed by atoms with van der Waals surface area (Å²) in [6, 6.07) is 101. The molecule has 1 aliphatic rings. The third-order valence-corrected chi connectivity index (χ3v) is 16.1. The van der Waals surface area contributed by atoms with Gasteiger partial charge in [-0.2, -0.15) is 0 Å². The number of rotatable bonds is 8. The van der Waals surface area contributed by atoms with Crippen molar-refractivity contribution in [3.8, 4) is 44.5 Å². The number of nitrogens with zero attached hydrogens (tertiary/aromatic N) is 1. The molecule has 13 aromatic rings. The molecule has 0 aliphatic heterocycles. The van der Waals surface area contributed by atoms with Gasteiger partial charge in [0.1, 0.15) is 0 Å². The van der Waals surface area contributed by atoms with Crippen molar-refractivity contribution in [2.75, 3.05) is 4.90 Å². The summed E-state index contributed by atoms with van der Waals surface area (Å²) in [4.78, 5) is 2.56. The van der Waals surface area contributed by atoms with Crippen LogP contribution in [0.3, 0.4) is 0 Å². The minimum absolute atomic E-state index is 0.568. The van der Waals surface area contributed by atoms with Gasteiger partial charge in [-0.3, -0.25) is 0 Å². The van der Waals surface area contributed by atoms with Gasteiger partial charge in [0.15, 0.2) is 0 Å². The third kappa shape index (κ3) is 6.46. The van der Waals surface area contributed by atoms with Gasteiger partial charge in [0.2, 0.25) is 0 Å². The SMILES string of the molecule is c1ccc(-c2cccc(-c3c(N(c4ccc(-c5cccc6c5sc5ccccc56)cc4)c4ccc5c(c4)C(c4ccccc4)(c4ccccc4)c4ccccc4-5)c4ccccc4c4ccccc34)c2)cc1. The molecule has 0 unspecified atom stereocenters. The topological polar surface area (TPSA) is 3.24 Å². The maximum absolute atomic E-state index is 2.56. The van der Waals surface area contributed by atoms with Gasteiger partial charge in [0.05, 0.1) is 11.1 Å². The molecule has 0 radical (unpaired) electrons. The molecule has 0 saturated heterocycles. The van der Waals surface area contributed by atoms with Crippen molar-refractivity contribution >= 4 is 70.1 Å². The fourth-order valence-corrected chi connectivity index (χ4v) is 13.1. The summed E-state index contributed by atoms with van der Waals surface area (Å²) in [5, 5.41) is 7.46. The highest BCUT2D eigenvalue weighted by Gasteiger charge is 2.46. The van der Waals surface area contributed by atoms with Gasteiger partial charge < -0.3 is 4.90 Å². The van der Waals surface area contributed by atoms with Gasteiger partial charge in [-0.1, -0.05) is 237 Å². The zero-order chi connectivity index (χ0) is 46.9. The Morgan fingerprint density at radius 1 is 0.296 bits per heavy atom. The summed E-state index contributed by atoms with van der Waals surface area (Å²) in [5.41, 5.74) is 17.5. The predicted octanol–water partition coefficient (Wildman–Crippen LogP) is 19.2. The zero-order valence-electron chi connectivity index (χ0n) is 38.8. The summed E-state index contributed by atoms with van der Waals surface area (Å²) in [6.45, 7) is 0. The largest absolute Gasteiger partial charge is 0.309 e. The van der Waals surface area contributed by atoms with Crippen LogP contribution in [0.25, 0.3) is 86.2 Å². The molecule has 1 aromatic heterocycles. The van der Waals surface area contributed by atoms with Crippen LogP contribution in [0.5, 0.6) is 0 Å². The number of thiophene rings is 1. The molecule has 2 heteroatoms. The van der Waals surface area contributed by atoms with Crippen LogP contribution in [-0.2, 0) is 5.41 Å². The molecule has 332 valence electrons. The highest BCUT2D eigenvalue weighted by atomic mass is 32.1. The fourth-order valence-electron chi connectivity index (χ4n) is 11.9. The van der Waals surface area contributed by atoms with Gasteiger partial charge in [-0.25, -0.2) is 0 Å². The second-order valence-electron chi connectivity index (χ2n) is 18.7. The van der Waals surface area contributed by atoms with Crippen LogP contribution in [0.2, 0.25) is 0 Å². The first-order chi connectivity index (χ1) is 35.2. The first-order valence-electron chi connectivity index (χ1n) is 24.5. The molecule has 0 saturated carbocycles. The van der Waals surface area contributed by atoms with Gasteiger partial charge >= 0.3 is 0 Å². The monoisotopic (exact) mass is 919 g/mol.